The van der Waals surface area contributed by atoms with E-state index >= 15 is 0 Å². The van der Waals surface area contributed by atoms with E-state index < -0.39 is 17.5 Å². The Balaban J connectivity index is 1.13. The third-order valence-corrected chi connectivity index (χ3v) is 7.36. The number of alkyl carbamates (subject to hydrolysis) is 1. The number of amides is 2. The lowest BCUT2D eigenvalue weighted by atomic mass is 9.81. The van der Waals surface area contributed by atoms with Gasteiger partial charge in [0.25, 0.3) is 0 Å². The Morgan fingerprint density at radius 3 is 2.24 bits per heavy atom. The van der Waals surface area contributed by atoms with Gasteiger partial charge < -0.3 is 20.1 Å². The Labute approximate surface area is 192 Å². The number of ether oxygens (including phenoxy) is 1. The van der Waals surface area contributed by atoms with Crippen molar-refractivity contribution in [2.75, 3.05) is 19.7 Å². The first-order valence-corrected chi connectivity index (χ1v) is 11.5. The molecule has 172 valence electrons. The summed E-state index contributed by atoms with van der Waals surface area (Å²) in [6.45, 7) is 2.43. The van der Waals surface area contributed by atoms with Gasteiger partial charge in [-0.15, -0.1) is 0 Å². The molecule has 2 aliphatic carbocycles. The van der Waals surface area contributed by atoms with Crippen LogP contribution < -0.4 is 5.32 Å². The van der Waals surface area contributed by atoms with Crippen LogP contribution in [0, 0.1) is 11.3 Å². The second-order valence-electron chi connectivity index (χ2n) is 9.74. The highest BCUT2D eigenvalue weighted by Gasteiger charge is 2.49. The van der Waals surface area contributed by atoms with Crippen molar-refractivity contribution < 1.29 is 24.2 Å². The van der Waals surface area contributed by atoms with Crippen LogP contribution in [0.3, 0.4) is 0 Å². The van der Waals surface area contributed by atoms with E-state index in [2.05, 4.69) is 29.6 Å². The van der Waals surface area contributed by atoms with Crippen molar-refractivity contribution in [2.45, 2.75) is 38.1 Å². The second-order valence-corrected chi connectivity index (χ2v) is 9.74. The summed E-state index contributed by atoms with van der Waals surface area (Å²) in [7, 11) is 0. The van der Waals surface area contributed by atoms with Crippen LogP contribution >= 0.6 is 0 Å². The zero-order chi connectivity index (χ0) is 23.2. The van der Waals surface area contributed by atoms with Crippen molar-refractivity contribution in [3.05, 3.63) is 59.7 Å². The molecule has 3 aliphatic rings. The zero-order valence-electron chi connectivity index (χ0n) is 18.6. The molecule has 2 fully saturated rings. The van der Waals surface area contributed by atoms with Gasteiger partial charge in [-0.1, -0.05) is 48.5 Å². The average molecular weight is 449 g/mol. The van der Waals surface area contributed by atoms with Crippen LogP contribution in [0.5, 0.6) is 0 Å². The van der Waals surface area contributed by atoms with Crippen LogP contribution in [0.15, 0.2) is 48.5 Å². The minimum absolute atomic E-state index is 0.00874. The molecule has 0 radical (unpaired) electrons. The van der Waals surface area contributed by atoms with E-state index in [0.717, 1.165) is 0 Å². The summed E-state index contributed by atoms with van der Waals surface area (Å²) in [5, 5.41) is 12.2. The summed E-state index contributed by atoms with van der Waals surface area (Å²) in [6, 6.07) is 16.3. The number of benzene rings is 2. The first-order valence-electron chi connectivity index (χ1n) is 11.5. The van der Waals surface area contributed by atoms with E-state index in [1.807, 2.05) is 24.3 Å². The van der Waals surface area contributed by atoms with Crippen LogP contribution in [0.25, 0.3) is 11.1 Å². The molecule has 1 aliphatic heterocycles. The van der Waals surface area contributed by atoms with Crippen molar-refractivity contribution in [3.63, 3.8) is 0 Å². The Morgan fingerprint density at radius 2 is 1.64 bits per heavy atom. The predicted molar refractivity (Wildman–Crippen MR) is 122 cm³/mol. The fourth-order valence-corrected chi connectivity index (χ4v) is 5.49. The quantitative estimate of drug-likeness (QED) is 0.728. The molecule has 1 saturated heterocycles. The van der Waals surface area contributed by atoms with Gasteiger partial charge in [0, 0.05) is 31.0 Å². The fourth-order valence-electron chi connectivity index (χ4n) is 5.49. The lowest BCUT2D eigenvalue weighted by Gasteiger charge is -2.45. The Kier molecular flexibility index (Phi) is 5.35. The predicted octanol–water partition coefficient (Wildman–Crippen LogP) is 3.63. The maximum Gasteiger partial charge on any atom is 0.407 e. The third-order valence-electron chi connectivity index (χ3n) is 7.36. The number of rotatable bonds is 5. The molecule has 33 heavy (non-hydrogen) atoms. The molecule has 7 heteroatoms. The molecule has 2 N–H and O–H groups in total. The molecule has 2 atom stereocenters. The molecule has 2 aromatic rings. The Bertz CT molecular complexity index is 1060. The summed E-state index contributed by atoms with van der Waals surface area (Å²) in [4.78, 5) is 38.1. The van der Waals surface area contributed by atoms with E-state index in [1.54, 1.807) is 11.8 Å². The van der Waals surface area contributed by atoms with Gasteiger partial charge in [-0.05, 0) is 48.4 Å². The highest BCUT2D eigenvalue weighted by Crippen LogP contribution is 2.44. The first kappa shape index (κ1) is 21.5. The molecular weight excluding hydrogens is 420 g/mol. The number of fused-ring (bicyclic) bond motifs is 3. The fraction of sp³-hybridized carbons (Fsp3) is 0.423. The number of nitrogens with zero attached hydrogens (tertiary/aromatic N) is 1. The van der Waals surface area contributed by atoms with Gasteiger partial charge in [0.15, 0.2) is 0 Å². The number of likely N-dealkylation sites (tertiary alicyclic amines) is 1. The van der Waals surface area contributed by atoms with Gasteiger partial charge in [-0.3, -0.25) is 9.59 Å². The Hall–Kier alpha value is -3.35. The lowest BCUT2D eigenvalue weighted by Crippen LogP contribution is -2.61. The van der Waals surface area contributed by atoms with E-state index in [4.69, 9.17) is 4.74 Å². The second kappa shape index (κ2) is 8.21. The number of aliphatic carboxylic acids is 1. The van der Waals surface area contributed by atoms with Crippen molar-refractivity contribution in [2.24, 2.45) is 11.3 Å². The van der Waals surface area contributed by atoms with Crippen LogP contribution in [-0.4, -0.2) is 53.7 Å². The summed E-state index contributed by atoms with van der Waals surface area (Å²) >= 11 is 0. The van der Waals surface area contributed by atoms with Gasteiger partial charge in [0.2, 0.25) is 5.91 Å². The van der Waals surface area contributed by atoms with Gasteiger partial charge in [0.05, 0.1) is 5.41 Å². The summed E-state index contributed by atoms with van der Waals surface area (Å²) < 4.78 is 5.62. The van der Waals surface area contributed by atoms with Gasteiger partial charge >= 0.3 is 12.1 Å². The van der Waals surface area contributed by atoms with E-state index in [0.29, 0.717) is 19.3 Å². The lowest BCUT2D eigenvalue weighted by molar-refractivity contribution is -0.165. The summed E-state index contributed by atoms with van der Waals surface area (Å²) in [5.41, 5.74) is 3.86. The molecule has 1 heterocycles. The first-order chi connectivity index (χ1) is 15.9. The SMILES string of the molecule is CC1(C(=O)O)CN(C(=O)C2CCC(NC(=O)OCC3c4ccccc4-c4ccccc43)C2)C1. The summed E-state index contributed by atoms with van der Waals surface area (Å²) in [6.07, 6.45) is 1.50. The highest BCUT2D eigenvalue weighted by molar-refractivity contribution is 5.85. The molecule has 0 aromatic heterocycles. The van der Waals surface area contributed by atoms with E-state index in [9.17, 15) is 19.5 Å². The monoisotopic (exact) mass is 448 g/mol. The number of carbonyl (C=O) groups is 3. The van der Waals surface area contributed by atoms with Crippen molar-refractivity contribution in [1.82, 2.24) is 10.2 Å². The standard InChI is InChI=1S/C26H28N2O5/c1-26(24(30)31)14-28(15-26)23(29)16-10-11-17(12-16)27-25(32)33-13-22-20-8-4-2-6-18(20)19-7-3-5-9-21(19)22/h2-9,16-17,22H,10-15H2,1H3,(H,27,32)(H,30,31). The molecule has 2 aromatic carbocycles. The third kappa shape index (κ3) is 3.86. The number of carbonyl (C=O) groups excluding carboxylic acids is 2. The molecule has 1 saturated carbocycles. The number of carboxylic acids is 1. The molecular formula is C26H28N2O5. The number of hydrogen-bond acceptors (Lipinski definition) is 4. The molecule has 5 rings (SSSR count). The highest BCUT2D eigenvalue weighted by atomic mass is 16.5. The van der Waals surface area contributed by atoms with Gasteiger partial charge in [-0.2, -0.15) is 0 Å². The van der Waals surface area contributed by atoms with Crippen molar-refractivity contribution >= 4 is 18.0 Å². The van der Waals surface area contributed by atoms with E-state index in [1.165, 1.54) is 22.3 Å². The van der Waals surface area contributed by atoms with E-state index in [-0.39, 0.29) is 43.5 Å². The largest absolute Gasteiger partial charge is 0.481 e. The number of carboxylic acid groups (broad SMARTS) is 1. The van der Waals surface area contributed by atoms with Crippen molar-refractivity contribution in [3.8, 4) is 11.1 Å². The molecule has 7 nitrogen and oxygen atoms in total. The smallest absolute Gasteiger partial charge is 0.407 e. The normalized spacial score (nSPS) is 22.8. The average Bonchev–Trinajstić information content (AvgIpc) is 3.37. The van der Waals surface area contributed by atoms with Crippen LogP contribution in [0.4, 0.5) is 4.79 Å². The minimum Gasteiger partial charge on any atom is -0.481 e. The molecule has 2 amide bonds. The minimum atomic E-state index is -0.868. The van der Waals surface area contributed by atoms with Gasteiger partial charge in [-0.25, -0.2) is 4.79 Å². The zero-order valence-corrected chi connectivity index (χ0v) is 18.6. The molecule has 0 bridgehead atoms. The summed E-state index contributed by atoms with van der Waals surface area (Å²) in [5.74, 6) is -1.04. The van der Waals surface area contributed by atoms with Gasteiger partial charge in [0.1, 0.15) is 6.61 Å². The maximum absolute atomic E-state index is 12.7. The van der Waals surface area contributed by atoms with Crippen LogP contribution in [0.1, 0.15) is 43.2 Å². The number of hydrogen-bond donors (Lipinski definition) is 2. The molecule has 2 unspecified atom stereocenters. The maximum atomic E-state index is 12.7. The number of nitrogens with one attached hydrogen (secondary N) is 1. The van der Waals surface area contributed by atoms with Crippen molar-refractivity contribution in [1.29, 1.82) is 0 Å². The van der Waals surface area contributed by atoms with Crippen LogP contribution in [0.2, 0.25) is 0 Å². The van der Waals surface area contributed by atoms with Crippen LogP contribution in [-0.2, 0) is 14.3 Å². The molecule has 0 spiro atoms. The Morgan fingerprint density at radius 1 is 1.03 bits per heavy atom. The topological polar surface area (TPSA) is 95.9 Å².